The van der Waals surface area contributed by atoms with Crippen molar-refractivity contribution >= 4 is 18.0 Å². The van der Waals surface area contributed by atoms with Crippen molar-refractivity contribution in [2.45, 2.75) is 84.8 Å². The van der Waals surface area contributed by atoms with E-state index in [0.29, 0.717) is 30.7 Å². The predicted molar refractivity (Wildman–Crippen MR) is 113 cm³/mol. The van der Waals surface area contributed by atoms with Gasteiger partial charge >= 0.3 is 18.0 Å². The number of hydrogen-bond donors (Lipinski definition) is 1. The first-order chi connectivity index (χ1) is 13.7. The van der Waals surface area contributed by atoms with Crippen LogP contribution in [-0.2, 0) is 19.7 Å². The maximum atomic E-state index is 13.0. The first-order valence-electron chi connectivity index (χ1n) is 10.3. The van der Waals surface area contributed by atoms with Crippen molar-refractivity contribution in [1.82, 2.24) is 4.90 Å². The first-order valence-corrected chi connectivity index (χ1v) is 10.3. The third-order valence-corrected chi connectivity index (χ3v) is 5.08. The Morgan fingerprint density at radius 1 is 1.13 bits per heavy atom. The van der Waals surface area contributed by atoms with Crippen LogP contribution in [-0.4, -0.2) is 46.2 Å². The molecular weight excluding hydrogens is 386 g/mol. The molecular formula is C23H33NO6. The molecule has 0 bridgehead atoms. The highest BCUT2D eigenvalue weighted by molar-refractivity contribution is 5.84. The zero-order chi connectivity index (χ0) is 22.9. The van der Waals surface area contributed by atoms with E-state index in [1.165, 1.54) is 4.90 Å². The summed E-state index contributed by atoms with van der Waals surface area (Å²) in [4.78, 5) is 38.3. The van der Waals surface area contributed by atoms with Gasteiger partial charge in [0.1, 0.15) is 17.4 Å². The Balaban J connectivity index is 2.32. The minimum Gasteiger partial charge on any atom is -0.481 e. The molecule has 0 saturated carbocycles. The van der Waals surface area contributed by atoms with Gasteiger partial charge in [-0.15, -0.1) is 0 Å². The topological polar surface area (TPSA) is 93.1 Å². The van der Waals surface area contributed by atoms with Crippen LogP contribution in [0.3, 0.4) is 0 Å². The number of rotatable bonds is 5. The fraction of sp³-hybridized carbons (Fsp3) is 0.609. The molecule has 2 rings (SSSR count). The molecule has 1 aliphatic heterocycles. The smallest absolute Gasteiger partial charge is 0.411 e. The number of hydrogen-bond acceptors (Lipinski definition) is 5. The molecule has 1 N–H and O–H groups in total. The maximum absolute atomic E-state index is 13.0. The molecule has 0 unspecified atom stereocenters. The fourth-order valence-corrected chi connectivity index (χ4v) is 4.07. The molecule has 1 aliphatic rings. The summed E-state index contributed by atoms with van der Waals surface area (Å²) in [5.41, 5.74) is 1.06. The Hall–Kier alpha value is -2.57. The molecule has 0 spiro atoms. The number of ether oxygens (including phenoxy) is 2. The van der Waals surface area contributed by atoms with Crippen molar-refractivity contribution in [2.75, 3.05) is 6.54 Å². The van der Waals surface area contributed by atoms with Gasteiger partial charge in [-0.1, -0.05) is 19.9 Å². The molecule has 1 aromatic rings. The molecule has 1 amide bonds. The molecule has 0 aliphatic carbocycles. The van der Waals surface area contributed by atoms with Crippen LogP contribution in [0.1, 0.15) is 70.6 Å². The monoisotopic (exact) mass is 419 g/mol. The van der Waals surface area contributed by atoms with Crippen molar-refractivity contribution in [1.29, 1.82) is 0 Å². The number of nitrogens with zero attached hydrogens (tertiary/aromatic N) is 1. The van der Waals surface area contributed by atoms with Gasteiger partial charge in [-0.3, -0.25) is 9.69 Å². The average Bonchev–Trinajstić information content (AvgIpc) is 3.00. The van der Waals surface area contributed by atoms with Crippen molar-refractivity contribution in [3.63, 3.8) is 0 Å². The third-order valence-electron chi connectivity index (χ3n) is 5.08. The van der Waals surface area contributed by atoms with E-state index in [-0.39, 0.29) is 6.42 Å². The van der Waals surface area contributed by atoms with E-state index in [0.717, 1.165) is 11.1 Å². The Labute approximate surface area is 178 Å². The Kier molecular flexibility index (Phi) is 6.84. The van der Waals surface area contributed by atoms with Crippen LogP contribution in [0.2, 0.25) is 0 Å². The number of carboxylic acid groups (broad SMARTS) is 1. The zero-order valence-electron chi connectivity index (χ0n) is 19.0. The van der Waals surface area contributed by atoms with Crippen molar-refractivity contribution in [2.24, 2.45) is 0 Å². The second-order valence-corrected chi connectivity index (χ2v) is 9.66. The van der Waals surface area contributed by atoms with Crippen LogP contribution in [0.5, 0.6) is 5.75 Å². The number of likely N-dealkylation sites (tertiary alicyclic amines) is 1. The Morgan fingerprint density at radius 3 is 2.33 bits per heavy atom. The molecule has 1 aromatic carbocycles. The van der Waals surface area contributed by atoms with E-state index < -0.39 is 35.1 Å². The quantitative estimate of drug-likeness (QED) is 0.563. The molecule has 0 aromatic heterocycles. The summed E-state index contributed by atoms with van der Waals surface area (Å²) in [5.74, 6) is -1.11. The van der Waals surface area contributed by atoms with Crippen LogP contribution in [0, 0.1) is 13.8 Å². The summed E-state index contributed by atoms with van der Waals surface area (Å²) >= 11 is 0. The number of aryl methyl sites for hydroxylation is 2. The summed E-state index contributed by atoms with van der Waals surface area (Å²) in [6.07, 6.45) is 0.545. The highest BCUT2D eigenvalue weighted by atomic mass is 16.6. The van der Waals surface area contributed by atoms with Crippen molar-refractivity contribution in [3.05, 3.63) is 28.8 Å². The van der Waals surface area contributed by atoms with Gasteiger partial charge in [0.05, 0.1) is 6.42 Å². The largest absolute Gasteiger partial charge is 0.481 e. The number of benzene rings is 1. The van der Waals surface area contributed by atoms with E-state index in [1.807, 2.05) is 33.8 Å². The maximum Gasteiger partial charge on any atom is 0.411 e. The number of carboxylic acids is 1. The standard InChI is InChI=1S/C23H33NO6/c1-14-11-15(2)19(23(6,7)13-18(25)26)17(12-14)29-20(27)16-9-8-10-24(16)21(28)30-22(3,4)5/h11-12,16H,8-10,13H2,1-7H3,(H,25,26)/t16-/m0/s1. The van der Waals surface area contributed by atoms with Gasteiger partial charge in [0, 0.05) is 17.5 Å². The average molecular weight is 420 g/mol. The molecule has 1 heterocycles. The predicted octanol–water partition coefficient (Wildman–Crippen LogP) is 4.36. The lowest BCUT2D eigenvalue weighted by Gasteiger charge is -2.30. The number of carbonyl (C=O) groups excluding carboxylic acids is 2. The van der Waals surface area contributed by atoms with E-state index >= 15 is 0 Å². The van der Waals surface area contributed by atoms with E-state index in [2.05, 4.69) is 0 Å². The van der Waals surface area contributed by atoms with Gasteiger partial charge in [-0.2, -0.15) is 0 Å². The van der Waals surface area contributed by atoms with Crippen LogP contribution in [0.15, 0.2) is 12.1 Å². The van der Waals surface area contributed by atoms with Crippen molar-refractivity contribution < 1.29 is 29.0 Å². The number of carbonyl (C=O) groups is 3. The van der Waals surface area contributed by atoms with Crippen LogP contribution < -0.4 is 4.74 Å². The Morgan fingerprint density at radius 2 is 1.77 bits per heavy atom. The van der Waals surface area contributed by atoms with Crippen molar-refractivity contribution in [3.8, 4) is 5.75 Å². The molecule has 7 heteroatoms. The zero-order valence-corrected chi connectivity index (χ0v) is 19.0. The third kappa shape index (κ3) is 5.74. The summed E-state index contributed by atoms with van der Waals surface area (Å²) < 4.78 is 11.2. The molecule has 0 radical (unpaired) electrons. The van der Waals surface area contributed by atoms with Crippen LogP contribution >= 0.6 is 0 Å². The molecule has 166 valence electrons. The van der Waals surface area contributed by atoms with Gasteiger partial charge in [0.2, 0.25) is 0 Å². The minimum atomic E-state index is -0.927. The first kappa shape index (κ1) is 23.7. The molecule has 1 saturated heterocycles. The fourth-order valence-electron chi connectivity index (χ4n) is 4.07. The van der Waals surface area contributed by atoms with Gasteiger partial charge in [-0.25, -0.2) is 9.59 Å². The minimum absolute atomic E-state index is 0.102. The number of aliphatic carboxylic acids is 1. The summed E-state index contributed by atoms with van der Waals surface area (Å²) in [7, 11) is 0. The molecule has 30 heavy (non-hydrogen) atoms. The number of amides is 1. The van der Waals surface area contributed by atoms with E-state index in [4.69, 9.17) is 9.47 Å². The van der Waals surface area contributed by atoms with E-state index in [9.17, 15) is 19.5 Å². The van der Waals surface area contributed by atoms with Gasteiger partial charge < -0.3 is 14.6 Å². The lowest BCUT2D eigenvalue weighted by atomic mass is 9.78. The van der Waals surface area contributed by atoms with Crippen LogP contribution in [0.25, 0.3) is 0 Å². The Bertz CT molecular complexity index is 837. The molecule has 1 atom stereocenters. The normalized spacial score (nSPS) is 17.0. The SMILES string of the molecule is Cc1cc(C)c(C(C)(C)CC(=O)O)c(OC(=O)[C@@H]2CCCN2C(=O)OC(C)(C)C)c1. The van der Waals surface area contributed by atoms with Gasteiger partial charge in [0.25, 0.3) is 0 Å². The second-order valence-electron chi connectivity index (χ2n) is 9.66. The summed E-state index contributed by atoms with van der Waals surface area (Å²) in [5, 5.41) is 9.32. The van der Waals surface area contributed by atoms with Gasteiger partial charge in [0.15, 0.2) is 0 Å². The summed E-state index contributed by atoms with van der Waals surface area (Å²) in [6.45, 7) is 13.2. The molecule has 1 fully saturated rings. The molecule has 7 nitrogen and oxygen atoms in total. The second kappa shape index (κ2) is 8.66. The highest BCUT2D eigenvalue weighted by Crippen LogP contribution is 2.38. The van der Waals surface area contributed by atoms with Crippen LogP contribution in [0.4, 0.5) is 4.79 Å². The summed E-state index contributed by atoms with van der Waals surface area (Å²) in [6, 6.07) is 2.96. The number of esters is 1. The lowest BCUT2D eigenvalue weighted by Crippen LogP contribution is -2.45. The lowest BCUT2D eigenvalue weighted by molar-refractivity contribution is -0.139. The van der Waals surface area contributed by atoms with E-state index in [1.54, 1.807) is 26.8 Å². The highest BCUT2D eigenvalue weighted by Gasteiger charge is 2.39. The van der Waals surface area contributed by atoms with Gasteiger partial charge in [-0.05, 0) is 64.7 Å².